The molecule has 94 valence electrons. The van der Waals surface area contributed by atoms with Crippen molar-refractivity contribution in [1.82, 2.24) is 20.2 Å². The van der Waals surface area contributed by atoms with Crippen LogP contribution in [0.5, 0.6) is 0 Å². The molecule has 1 aromatic carbocycles. The van der Waals surface area contributed by atoms with Crippen LogP contribution in [0.3, 0.4) is 0 Å². The Hall–Kier alpha value is -2.35. The van der Waals surface area contributed by atoms with E-state index in [1.54, 1.807) is 0 Å². The van der Waals surface area contributed by atoms with Crippen molar-refractivity contribution in [3.05, 3.63) is 30.3 Å². The Morgan fingerprint density at radius 3 is 3.06 bits per heavy atom. The fourth-order valence-electron chi connectivity index (χ4n) is 1.35. The van der Waals surface area contributed by atoms with Crippen molar-refractivity contribution >= 4 is 11.6 Å². The van der Waals surface area contributed by atoms with E-state index in [1.165, 1.54) is 36.3 Å². The van der Waals surface area contributed by atoms with Crippen LogP contribution in [0.25, 0.3) is 5.69 Å². The number of halogens is 1. The molecule has 0 aliphatic rings. The number of nitrogens with zero attached hydrogens (tertiary/aromatic N) is 4. The molecule has 0 saturated carbocycles. The van der Waals surface area contributed by atoms with E-state index in [0.717, 1.165) is 0 Å². The van der Waals surface area contributed by atoms with Gasteiger partial charge in [-0.15, -0.1) is 5.10 Å². The molecule has 1 amide bonds. The summed E-state index contributed by atoms with van der Waals surface area (Å²) >= 11 is 0. The summed E-state index contributed by atoms with van der Waals surface area (Å²) in [5.74, 6) is -0.985. The van der Waals surface area contributed by atoms with Gasteiger partial charge in [0.15, 0.2) is 0 Å². The van der Waals surface area contributed by atoms with E-state index < -0.39 is 11.7 Å². The molecule has 1 N–H and O–H groups in total. The summed E-state index contributed by atoms with van der Waals surface area (Å²) in [5, 5.41) is 13.0. The van der Waals surface area contributed by atoms with Gasteiger partial charge in [0.05, 0.1) is 11.4 Å². The molecule has 0 atom stereocenters. The molecule has 0 fully saturated rings. The smallest absolute Gasteiger partial charge is 0.250 e. The van der Waals surface area contributed by atoms with Crippen LogP contribution in [0.2, 0.25) is 0 Å². The number of carbonyl (C=O) groups is 1. The third kappa shape index (κ3) is 2.66. The molecule has 18 heavy (non-hydrogen) atoms. The Balaban J connectivity index is 2.24. The molecule has 8 heteroatoms. The zero-order chi connectivity index (χ0) is 13.0. The lowest BCUT2D eigenvalue weighted by atomic mass is 10.2. The summed E-state index contributed by atoms with van der Waals surface area (Å²) in [6.07, 6.45) is 1.37. The zero-order valence-electron chi connectivity index (χ0n) is 9.50. The first-order valence-corrected chi connectivity index (χ1v) is 5.02. The summed E-state index contributed by atoms with van der Waals surface area (Å²) in [6, 6.07) is 4.15. The molecule has 7 nitrogen and oxygen atoms in total. The second kappa shape index (κ2) is 5.32. The molecule has 2 rings (SSSR count). The van der Waals surface area contributed by atoms with Crippen LogP contribution in [0.4, 0.5) is 10.1 Å². The fraction of sp³-hybridized carbons (Fsp3) is 0.200. The van der Waals surface area contributed by atoms with Gasteiger partial charge in [0, 0.05) is 7.11 Å². The first kappa shape index (κ1) is 12.1. The minimum absolute atomic E-state index is 0.0463. The van der Waals surface area contributed by atoms with Crippen molar-refractivity contribution in [3.8, 4) is 5.69 Å². The highest BCUT2D eigenvalue weighted by atomic mass is 19.1. The normalized spacial score (nSPS) is 10.3. The molecule has 0 spiro atoms. The molecular weight excluding hydrogens is 241 g/mol. The Bertz CT molecular complexity index is 543. The maximum absolute atomic E-state index is 13.5. The SMILES string of the molecule is COCC(=O)Nc1cc(-n2cnnn2)ccc1F. The number of nitrogens with one attached hydrogen (secondary N) is 1. The number of tetrazole rings is 1. The Morgan fingerprint density at radius 2 is 2.39 bits per heavy atom. The average molecular weight is 251 g/mol. The van der Waals surface area contributed by atoms with Gasteiger partial charge in [0.2, 0.25) is 5.91 Å². The Labute approximate surface area is 102 Å². The first-order valence-electron chi connectivity index (χ1n) is 5.02. The number of benzene rings is 1. The van der Waals surface area contributed by atoms with E-state index in [-0.39, 0.29) is 12.3 Å². The van der Waals surface area contributed by atoms with Crippen LogP contribution in [-0.4, -0.2) is 39.8 Å². The molecule has 1 aromatic heterocycles. The Kier molecular flexibility index (Phi) is 3.58. The summed E-state index contributed by atoms with van der Waals surface area (Å²) in [4.78, 5) is 11.3. The van der Waals surface area contributed by atoms with Crippen LogP contribution in [0, 0.1) is 5.82 Å². The number of amides is 1. The second-order valence-electron chi connectivity index (χ2n) is 3.40. The van der Waals surface area contributed by atoms with Crippen molar-refractivity contribution in [2.24, 2.45) is 0 Å². The monoisotopic (exact) mass is 251 g/mol. The van der Waals surface area contributed by atoms with E-state index in [2.05, 4.69) is 25.6 Å². The maximum Gasteiger partial charge on any atom is 0.250 e. The third-order valence-corrected chi connectivity index (χ3v) is 2.11. The lowest BCUT2D eigenvalue weighted by molar-refractivity contribution is -0.119. The predicted octanol–water partition coefficient (Wildman–Crippen LogP) is 0.386. The van der Waals surface area contributed by atoms with Gasteiger partial charge < -0.3 is 10.1 Å². The summed E-state index contributed by atoms with van der Waals surface area (Å²) < 4.78 is 19.5. The zero-order valence-corrected chi connectivity index (χ0v) is 9.50. The molecule has 0 saturated heterocycles. The molecule has 1 heterocycles. The number of anilines is 1. The molecule has 0 aliphatic heterocycles. The number of hydrogen-bond acceptors (Lipinski definition) is 5. The van der Waals surface area contributed by atoms with Crippen LogP contribution < -0.4 is 5.32 Å². The quantitative estimate of drug-likeness (QED) is 0.849. The highest BCUT2D eigenvalue weighted by molar-refractivity contribution is 5.92. The van der Waals surface area contributed by atoms with Gasteiger partial charge in [-0.1, -0.05) is 0 Å². The van der Waals surface area contributed by atoms with E-state index in [4.69, 9.17) is 0 Å². The van der Waals surface area contributed by atoms with Crippen LogP contribution in [0.15, 0.2) is 24.5 Å². The van der Waals surface area contributed by atoms with Crippen molar-refractivity contribution < 1.29 is 13.9 Å². The van der Waals surface area contributed by atoms with Crippen molar-refractivity contribution in [2.45, 2.75) is 0 Å². The van der Waals surface area contributed by atoms with Crippen LogP contribution in [0.1, 0.15) is 0 Å². The first-order chi connectivity index (χ1) is 8.70. The lowest BCUT2D eigenvalue weighted by Gasteiger charge is -2.07. The number of rotatable bonds is 4. The van der Waals surface area contributed by atoms with Crippen molar-refractivity contribution in [2.75, 3.05) is 19.0 Å². The van der Waals surface area contributed by atoms with Crippen molar-refractivity contribution in [1.29, 1.82) is 0 Å². The predicted molar refractivity (Wildman–Crippen MR) is 59.6 cm³/mol. The van der Waals surface area contributed by atoms with Gasteiger partial charge in [-0.05, 0) is 28.6 Å². The fourth-order valence-corrected chi connectivity index (χ4v) is 1.35. The van der Waals surface area contributed by atoms with E-state index >= 15 is 0 Å². The summed E-state index contributed by atoms with van der Waals surface area (Å²) in [5.41, 5.74) is 0.583. The van der Waals surface area contributed by atoms with Gasteiger partial charge in [-0.2, -0.15) is 0 Å². The van der Waals surface area contributed by atoms with Gasteiger partial charge in [0.25, 0.3) is 0 Å². The number of hydrogen-bond donors (Lipinski definition) is 1. The number of carbonyl (C=O) groups excluding carboxylic acids is 1. The molecular formula is C10H10FN5O2. The number of ether oxygens (including phenoxy) is 1. The van der Waals surface area contributed by atoms with Gasteiger partial charge in [0.1, 0.15) is 18.8 Å². The third-order valence-electron chi connectivity index (χ3n) is 2.11. The van der Waals surface area contributed by atoms with Crippen LogP contribution >= 0.6 is 0 Å². The topological polar surface area (TPSA) is 81.9 Å². The Morgan fingerprint density at radius 1 is 1.56 bits per heavy atom. The second-order valence-corrected chi connectivity index (χ2v) is 3.40. The molecule has 0 unspecified atom stereocenters. The number of aromatic nitrogens is 4. The van der Waals surface area contributed by atoms with Gasteiger partial charge in [-0.3, -0.25) is 4.79 Å². The highest BCUT2D eigenvalue weighted by Crippen LogP contribution is 2.18. The minimum atomic E-state index is -0.545. The summed E-state index contributed by atoms with van der Waals surface area (Å²) in [6.45, 7) is -0.144. The van der Waals surface area contributed by atoms with Crippen molar-refractivity contribution in [3.63, 3.8) is 0 Å². The largest absolute Gasteiger partial charge is 0.375 e. The lowest BCUT2D eigenvalue weighted by Crippen LogP contribution is -2.18. The van der Waals surface area contributed by atoms with Gasteiger partial charge in [-0.25, -0.2) is 9.07 Å². The maximum atomic E-state index is 13.5. The summed E-state index contributed by atoms with van der Waals surface area (Å²) in [7, 11) is 1.38. The molecule has 0 radical (unpaired) electrons. The van der Waals surface area contributed by atoms with E-state index in [0.29, 0.717) is 5.69 Å². The molecule has 2 aromatic rings. The standard InChI is InChI=1S/C10H10FN5O2/c1-18-5-10(17)13-9-4-7(2-3-8(9)11)16-6-12-14-15-16/h2-4,6H,5H2,1H3,(H,13,17). The molecule has 0 aliphatic carbocycles. The number of methoxy groups -OCH3 is 1. The highest BCUT2D eigenvalue weighted by Gasteiger charge is 2.09. The van der Waals surface area contributed by atoms with Crippen LogP contribution in [-0.2, 0) is 9.53 Å². The average Bonchev–Trinajstić information content (AvgIpc) is 2.86. The van der Waals surface area contributed by atoms with E-state index in [1.807, 2.05) is 0 Å². The van der Waals surface area contributed by atoms with Gasteiger partial charge >= 0.3 is 0 Å². The molecule has 0 bridgehead atoms. The minimum Gasteiger partial charge on any atom is -0.375 e. The van der Waals surface area contributed by atoms with E-state index in [9.17, 15) is 9.18 Å².